The lowest BCUT2D eigenvalue weighted by Crippen LogP contribution is -1.86. The Morgan fingerprint density at radius 3 is 2.95 bits per heavy atom. The van der Waals surface area contributed by atoms with Crippen molar-refractivity contribution in [2.24, 2.45) is 0 Å². The van der Waals surface area contributed by atoms with E-state index in [4.69, 9.17) is 0 Å². The molecule has 0 radical (unpaired) electrons. The van der Waals surface area contributed by atoms with Crippen LogP contribution in [0.5, 0.6) is 0 Å². The van der Waals surface area contributed by atoms with E-state index in [1.807, 2.05) is 19.1 Å². The molecule has 3 heterocycles. The number of hydrogen-bond acceptors (Lipinski definition) is 5. The van der Waals surface area contributed by atoms with Crippen molar-refractivity contribution < 1.29 is 0 Å². The Morgan fingerprint density at radius 1 is 1.26 bits per heavy atom. The van der Waals surface area contributed by atoms with Gasteiger partial charge in [-0.1, -0.05) is 6.07 Å². The molecule has 0 fully saturated rings. The molecule has 3 aromatic heterocycles. The number of thiophene rings is 1. The van der Waals surface area contributed by atoms with E-state index in [1.54, 1.807) is 41.3 Å². The molecule has 0 spiro atoms. The molecule has 94 valence electrons. The maximum atomic E-state index is 4.62. The third-order valence-electron chi connectivity index (χ3n) is 2.59. The smallest absolute Gasteiger partial charge is 0.134 e. The highest BCUT2D eigenvalue weighted by Crippen LogP contribution is 2.28. The van der Waals surface area contributed by atoms with E-state index < -0.39 is 0 Å². The fourth-order valence-electron chi connectivity index (χ4n) is 1.66. The van der Waals surface area contributed by atoms with E-state index in [-0.39, 0.29) is 0 Å². The van der Waals surface area contributed by atoms with Crippen molar-refractivity contribution in [3.05, 3.63) is 52.9 Å². The van der Waals surface area contributed by atoms with Crippen molar-refractivity contribution >= 4 is 34.3 Å². The highest BCUT2D eigenvalue weighted by molar-refractivity contribution is 7.20. The largest absolute Gasteiger partial charge is 0.261 e. The Labute approximate surface area is 119 Å². The molecule has 0 aliphatic rings. The number of aromatic nitrogens is 3. The first-order chi connectivity index (χ1) is 9.33. The maximum Gasteiger partial charge on any atom is 0.134 e. The molecule has 0 N–H and O–H groups in total. The summed E-state index contributed by atoms with van der Waals surface area (Å²) in [5, 5.41) is 5.19. The van der Waals surface area contributed by atoms with Crippen molar-refractivity contribution in [1.82, 2.24) is 15.0 Å². The Bertz CT molecular complexity index is 685. The van der Waals surface area contributed by atoms with Crippen LogP contribution in [0.25, 0.3) is 21.5 Å². The molecular formula is C14H11N3S2. The molecule has 0 unspecified atom stereocenters. The third-order valence-corrected chi connectivity index (χ3v) is 4.49. The second-order valence-corrected chi connectivity index (χ2v) is 5.78. The van der Waals surface area contributed by atoms with E-state index in [0.717, 1.165) is 22.0 Å². The van der Waals surface area contributed by atoms with E-state index >= 15 is 0 Å². The molecule has 0 bridgehead atoms. The second kappa shape index (κ2) is 5.42. The Hall–Kier alpha value is -1.85. The zero-order valence-corrected chi connectivity index (χ0v) is 11.9. The predicted molar refractivity (Wildman–Crippen MR) is 81.0 cm³/mol. The Kier molecular flexibility index (Phi) is 3.48. The van der Waals surface area contributed by atoms with E-state index in [2.05, 4.69) is 31.8 Å². The molecule has 0 saturated carbocycles. The molecule has 0 aromatic carbocycles. The molecule has 3 nitrogen and oxygen atoms in total. The lowest BCUT2D eigenvalue weighted by atomic mass is 10.2. The summed E-state index contributed by atoms with van der Waals surface area (Å²) in [6, 6.07) is 4.13. The molecule has 0 atom stereocenters. The molecule has 0 aliphatic heterocycles. The van der Waals surface area contributed by atoms with Gasteiger partial charge in [0, 0.05) is 17.8 Å². The minimum Gasteiger partial charge on any atom is -0.261 e. The molecule has 3 rings (SSSR count). The van der Waals surface area contributed by atoms with E-state index in [9.17, 15) is 0 Å². The van der Waals surface area contributed by atoms with Crippen LogP contribution in [0.3, 0.4) is 0 Å². The van der Waals surface area contributed by atoms with Gasteiger partial charge in [-0.15, -0.1) is 22.7 Å². The first-order valence-corrected chi connectivity index (χ1v) is 7.53. The van der Waals surface area contributed by atoms with Gasteiger partial charge in [-0.2, -0.15) is 0 Å². The van der Waals surface area contributed by atoms with Gasteiger partial charge in [0.15, 0.2) is 0 Å². The van der Waals surface area contributed by atoms with Gasteiger partial charge in [-0.05, 0) is 30.0 Å². The van der Waals surface area contributed by atoms with Gasteiger partial charge in [0.1, 0.15) is 5.01 Å². The van der Waals surface area contributed by atoms with Crippen LogP contribution in [0.2, 0.25) is 0 Å². The van der Waals surface area contributed by atoms with Crippen LogP contribution in [0.1, 0.15) is 18.3 Å². The summed E-state index contributed by atoms with van der Waals surface area (Å²) in [6.45, 7) is 2.02. The van der Waals surface area contributed by atoms with E-state index in [0.29, 0.717) is 0 Å². The number of allylic oxidation sites excluding steroid dienone is 1. The Balaban J connectivity index is 1.88. The first kappa shape index (κ1) is 12.2. The van der Waals surface area contributed by atoms with Gasteiger partial charge in [-0.25, -0.2) is 4.98 Å². The van der Waals surface area contributed by atoms with Crippen LogP contribution in [0.4, 0.5) is 0 Å². The normalized spacial score (nSPS) is 11.7. The zero-order valence-electron chi connectivity index (χ0n) is 10.3. The van der Waals surface area contributed by atoms with E-state index in [1.165, 1.54) is 4.88 Å². The van der Waals surface area contributed by atoms with Gasteiger partial charge in [0.05, 0.1) is 22.5 Å². The number of hydrogen-bond donors (Lipinski definition) is 0. The average Bonchev–Trinajstić information content (AvgIpc) is 3.10. The van der Waals surface area contributed by atoms with Crippen LogP contribution >= 0.6 is 22.7 Å². The van der Waals surface area contributed by atoms with Crippen molar-refractivity contribution in [2.75, 3.05) is 0 Å². The number of thiazole rings is 1. The lowest BCUT2D eigenvalue weighted by molar-refractivity contribution is 1.16. The van der Waals surface area contributed by atoms with Gasteiger partial charge in [0.2, 0.25) is 0 Å². The quantitative estimate of drug-likeness (QED) is 0.723. The van der Waals surface area contributed by atoms with Crippen LogP contribution in [0.15, 0.2) is 41.5 Å². The van der Waals surface area contributed by atoms with Gasteiger partial charge < -0.3 is 0 Å². The first-order valence-electron chi connectivity index (χ1n) is 5.77. The minimum absolute atomic E-state index is 0.883. The molecule has 19 heavy (non-hydrogen) atoms. The third kappa shape index (κ3) is 2.77. The fourth-order valence-corrected chi connectivity index (χ4v) is 3.26. The minimum atomic E-state index is 0.883. The van der Waals surface area contributed by atoms with Gasteiger partial charge in [-0.3, -0.25) is 9.97 Å². The molecule has 3 aromatic rings. The van der Waals surface area contributed by atoms with Gasteiger partial charge >= 0.3 is 0 Å². The van der Waals surface area contributed by atoms with Crippen LogP contribution in [-0.4, -0.2) is 15.0 Å². The van der Waals surface area contributed by atoms with Crippen LogP contribution in [-0.2, 0) is 0 Å². The highest BCUT2D eigenvalue weighted by Gasteiger charge is 2.05. The van der Waals surface area contributed by atoms with Crippen molar-refractivity contribution in [3.8, 4) is 9.88 Å². The number of nitrogens with zero attached hydrogens (tertiary/aromatic N) is 3. The topological polar surface area (TPSA) is 38.7 Å². The predicted octanol–water partition coefficient (Wildman–Crippen LogP) is 4.22. The molecular weight excluding hydrogens is 274 g/mol. The molecule has 0 aliphatic carbocycles. The summed E-state index contributed by atoms with van der Waals surface area (Å²) in [4.78, 5) is 14.2. The fraction of sp³-hybridized carbons (Fsp3) is 0.0714. The van der Waals surface area contributed by atoms with Crippen molar-refractivity contribution in [1.29, 1.82) is 0 Å². The summed E-state index contributed by atoms with van der Waals surface area (Å²) in [5.74, 6) is 0. The van der Waals surface area contributed by atoms with Crippen molar-refractivity contribution in [3.63, 3.8) is 0 Å². The SMILES string of the molecule is C/C(=C/c1csc(-c2cccs2)n1)c1cnccn1. The second-order valence-electron chi connectivity index (χ2n) is 3.97. The monoisotopic (exact) mass is 285 g/mol. The summed E-state index contributed by atoms with van der Waals surface area (Å²) in [5.41, 5.74) is 2.92. The van der Waals surface area contributed by atoms with Gasteiger partial charge in [0.25, 0.3) is 0 Å². The van der Waals surface area contributed by atoms with Crippen molar-refractivity contribution in [2.45, 2.75) is 6.92 Å². The maximum absolute atomic E-state index is 4.62. The lowest BCUT2D eigenvalue weighted by Gasteiger charge is -1.97. The summed E-state index contributed by atoms with van der Waals surface area (Å²) in [6.07, 6.45) is 7.18. The molecule has 0 amide bonds. The highest BCUT2D eigenvalue weighted by atomic mass is 32.1. The molecule has 5 heteroatoms. The number of rotatable bonds is 3. The van der Waals surface area contributed by atoms with Crippen LogP contribution in [0, 0.1) is 0 Å². The Morgan fingerprint density at radius 2 is 2.21 bits per heavy atom. The standard InChI is InChI=1S/C14H11N3S2/c1-10(12-8-15-4-5-16-12)7-11-9-19-14(17-11)13-3-2-6-18-13/h2-9H,1H3/b10-7-. The summed E-state index contributed by atoms with van der Waals surface area (Å²) in [7, 11) is 0. The van der Waals surface area contributed by atoms with Crippen LogP contribution < -0.4 is 0 Å². The average molecular weight is 285 g/mol. The summed E-state index contributed by atoms with van der Waals surface area (Å²) >= 11 is 3.37. The summed E-state index contributed by atoms with van der Waals surface area (Å²) < 4.78 is 0. The molecule has 0 saturated heterocycles. The zero-order chi connectivity index (χ0) is 13.1.